The zero-order chi connectivity index (χ0) is 11.9. The summed E-state index contributed by atoms with van der Waals surface area (Å²) in [6.45, 7) is 4.27. The van der Waals surface area contributed by atoms with Crippen LogP contribution in [0.25, 0.3) is 0 Å². The van der Waals surface area contributed by atoms with Gasteiger partial charge in [0.2, 0.25) is 0 Å². The minimum Gasteiger partial charge on any atom is -0.465 e. The second-order valence-electron chi connectivity index (χ2n) is 4.67. The standard InChI is InChI=1S/C12H21NO4/c14-12(7-11-9-16-6-3-13-11)17-8-10-1-4-15-5-2-10/h10-11,13H,1-9H2. The maximum Gasteiger partial charge on any atom is 0.307 e. The van der Waals surface area contributed by atoms with E-state index in [9.17, 15) is 4.79 Å². The number of esters is 1. The first kappa shape index (κ1) is 12.8. The van der Waals surface area contributed by atoms with Crippen LogP contribution in [-0.4, -0.2) is 51.6 Å². The number of carbonyl (C=O) groups excluding carboxylic acids is 1. The third kappa shape index (κ3) is 4.61. The van der Waals surface area contributed by atoms with E-state index in [0.29, 0.717) is 25.6 Å². The molecular weight excluding hydrogens is 222 g/mol. The zero-order valence-corrected chi connectivity index (χ0v) is 10.2. The van der Waals surface area contributed by atoms with Gasteiger partial charge in [0.05, 0.1) is 26.2 Å². The Morgan fingerprint density at radius 1 is 1.24 bits per heavy atom. The molecule has 5 nitrogen and oxygen atoms in total. The first-order valence-corrected chi connectivity index (χ1v) is 6.39. The highest BCUT2D eigenvalue weighted by atomic mass is 16.5. The largest absolute Gasteiger partial charge is 0.465 e. The van der Waals surface area contributed by atoms with Gasteiger partial charge >= 0.3 is 5.97 Å². The van der Waals surface area contributed by atoms with Gasteiger partial charge in [-0.1, -0.05) is 0 Å². The lowest BCUT2D eigenvalue weighted by Gasteiger charge is -2.24. The fraction of sp³-hybridized carbons (Fsp3) is 0.917. The maximum atomic E-state index is 11.6. The van der Waals surface area contributed by atoms with Gasteiger partial charge in [-0.2, -0.15) is 0 Å². The third-order valence-electron chi connectivity index (χ3n) is 3.23. The summed E-state index contributed by atoms with van der Waals surface area (Å²) in [5.41, 5.74) is 0. The summed E-state index contributed by atoms with van der Waals surface area (Å²) in [6, 6.07) is 0.117. The van der Waals surface area contributed by atoms with Crippen molar-refractivity contribution in [1.82, 2.24) is 5.32 Å². The number of nitrogens with one attached hydrogen (secondary N) is 1. The van der Waals surface area contributed by atoms with E-state index in [4.69, 9.17) is 14.2 Å². The van der Waals surface area contributed by atoms with Gasteiger partial charge in [-0.15, -0.1) is 0 Å². The summed E-state index contributed by atoms with van der Waals surface area (Å²) < 4.78 is 15.8. The summed E-state index contributed by atoms with van der Waals surface area (Å²) in [6.07, 6.45) is 2.40. The lowest BCUT2D eigenvalue weighted by molar-refractivity contribution is -0.147. The quantitative estimate of drug-likeness (QED) is 0.721. The summed E-state index contributed by atoms with van der Waals surface area (Å²) in [5.74, 6) is 0.350. The van der Waals surface area contributed by atoms with Crippen molar-refractivity contribution in [3.8, 4) is 0 Å². The van der Waals surface area contributed by atoms with Gasteiger partial charge in [-0.25, -0.2) is 0 Å². The molecule has 1 unspecified atom stereocenters. The summed E-state index contributed by atoms with van der Waals surface area (Å²) in [4.78, 5) is 11.6. The van der Waals surface area contributed by atoms with Crippen molar-refractivity contribution in [2.45, 2.75) is 25.3 Å². The van der Waals surface area contributed by atoms with Crippen LogP contribution in [0.4, 0.5) is 0 Å². The average molecular weight is 243 g/mol. The number of hydrogen-bond donors (Lipinski definition) is 1. The first-order valence-electron chi connectivity index (χ1n) is 6.39. The van der Waals surface area contributed by atoms with E-state index in [1.165, 1.54) is 0 Å². The lowest BCUT2D eigenvalue weighted by Crippen LogP contribution is -2.42. The van der Waals surface area contributed by atoms with E-state index in [2.05, 4.69) is 5.32 Å². The van der Waals surface area contributed by atoms with Crippen LogP contribution in [0.3, 0.4) is 0 Å². The minimum absolute atomic E-state index is 0.117. The van der Waals surface area contributed by atoms with Crippen molar-refractivity contribution >= 4 is 5.97 Å². The van der Waals surface area contributed by atoms with Crippen LogP contribution in [0.15, 0.2) is 0 Å². The summed E-state index contributed by atoms with van der Waals surface area (Å²) in [5, 5.41) is 3.24. The molecule has 0 aliphatic carbocycles. The minimum atomic E-state index is -0.125. The molecule has 0 aromatic heterocycles. The van der Waals surface area contributed by atoms with Crippen molar-refractivity contribution < 1.29 is 19.0 Å². The Bertz CT molecular complexity index is 235. The van der Waals surface area contributed by atoms with Crippen LogP contribution in [0.5, 0.6) is 0 Å². The van der Waals surface area contributed by atoms with E-state index in [0.717, 1.165) is 39.2 Å². The molecule has 2 saturated heterocycles. The molecule has 0 radical (unpaired) electrons. The van der Waals surface area contributed by atoms with Crippen LogP contribution < -0.4 is 5.32 Å². The SMILES string of the molecule is O=C(CC1COCCN1)OCC1CCOCC1. The van der Waals surface area contributed by atoms with Crippen molar-refractivity contribution in [3.63, 3.8) is 0 Å². The second kappa shape index (κ2) is 6.93. The molecule has 2 aliphatic heterocycles. The molecule has 17 heavy (non-hydrogen) atoms. The highest BCUT2D eigenvalue weighted by Crippen LogP contribution is 2.15. The normalized spacial score (nSPS) is 26.7. The predicted octanol–water partition coefficient (Wildman–Crippen LogP) is 0.335. The van der Waals surface area contributed by atoms with Crippen molar-refractivity contribution in [1.29, 1.82) is 0 Å². The summed E-state index contributed by atoms with van der Waals surface area (Å²) in [7, 11) is 0. The number of hydrogen-bond acceptors (Lipinski definition) is 5. The molecule has 1 atom stereocenters. The number of morpholine rings is 1. The average Bonchev–Trinajstić information content (AvgIpc) is 2.39. The molecule has 0 bridgehead atoms. The predicted molar refractivity (Wildman–Crippen MR) is 61.7 cm³/mol. The van der Waals surface area contributed by atoms with Crippen molar-refractivity contribution in [2.75, 3.05) is 39.6 Å². The Labute approximate surface area is 102 Å². The molecule has 0 saturated carbocycles. The molecule has 1 N–H and O–H groups in total. The van der Waals surface area contributed by atoms with E-state index in [-0.39, 0.29) is 12.0 Å². The molecule has 5 heteroatoms. The molecule has 0 amide bonds. The fourth-order valence-corrected chi connectivity index (χ4v) is 2.13. The number of ether oxygens (including phenoxy) is 3. The van der Waals surface area contributed by atoms with Gasteiger partial charge < -0.3 is 19.5 Å². The van der Waals surface area contributed by atoms with Crippen LogP contribution in [0.1, 0.15) is 19.3 Å². The van der Waals surface area contributed by atoms with Gasteiger partial charge in [0, 0.05) is 25.8 Å². The Hall–Kier alpha value is -0.650. The van der Waals surface area contributed by atoms with Gasteiger partial charge in [-0.05, 0) is 18.8 Å². The van der Waals surface area contributed by atoms with E-state index < -0.39 is 0 Å². The summed E-state index contributed by atoms with van der Waals surface area (Å²) >= 11 is 0. The highest BCUT2D eigenvalue weighted by Gasteiger charge is 2.20. The van der Waals surface area contributed by atoms with Crippen LogP contribution in [-0.2, 0) is 19.0 Å². The molecule has 2 heterocycles. The van der Waals surface area contributed by atoms with Gasteiger partial charge in [0.15, 0.2) is 0 Å². The van der Waals surface area contributed by atoms with E-state index in [1.54, 1.807) is 0 Å². The third-order valence-corrected chi connectivity index (χ3v) is 3.23. The molecule has 2 rings (SSSR count). The second-order valence-corrected chi connectivity index (χ2v) is 4.67. The van der Waals surface area contributed by atoms with Crippen LogP contribution in [0.2, 0.25) is 0 Å². The Morgan fingerprint density at radius 2 is 2.06 bits per heavy atom. The van der Waals surface area contributed by atoms with Crippen molar-refractivity contribution in [3.05, 3.63) is 0 Å². The monoisotopic (exact) mass is 243 g/mol. The number of carbonyl (C=O) groups is 1. The Kier molecular flexibility index (Phi) is 5.22. The van der Waals surface area contributed by atoms with Crippen LogP contribution in [0, 0.1) is 5.92 Å². The van der Waals surface area contributed by atoms with Crippen molar-refractivity contribution in [2.24, 2.45) is 5.92 Å². The highest BCUT2D eigenvalue weighted by molar-refractivity contribution is 5.70. The lowest BCUT2D eigenvalue weighted by atomic mass is 10.0. The topological polar surface area (TPSA) is 56.8 Å². The number of rotatable bonds is 4. The molecule has 98 valence electrons. The molecule has 0 aromatic rings. The molecule has 0 spiro atoms. The first-order chi connectivity index (χ1) is 8.34. The molecule has 2 aliphatic rings. The zero-order valence-electron chi connectivity index (χ0n) is 10.2. The smallest absolute Gasteiger partial charge is 0.307 e. The maximum absolute atomic E-state index is 11.6. The Balaban J connectivity index is 1.59. The van der Waals surface area contributed by atoms with E-state index >= 15 is 0 Å². The molecular formula is C12H21NO4. The van der Waals surface area contributed by atoms with Crippen LogP contribution >= 0.6 is 0 Å². The van der Waals surface area contributed by atoms with Gasteiger partial charge in [0.1, 0.15) is 0 Å². The molecule has 0 aromatic carbocycles. The fourth-order valence-electron chi connectivity index (χ4n) is 2.13. The Morgan fingerprint density at radius 3 is 2.76 bits per heavy atom. The van der Waals surface area contributed by atoms with Gasteiger partial charge in [0.25, 0.3) is 0 Å². The van der Waals surface area contributed by atoms with Gasteiger partial charge in [-0.3, -0.25) is 4.79 Å². The molecule has 2 fully saturated rings. The van der Waals surface area contributed by atoms with E-state index in [1.807, 2.05) is 0 Å².